The molecule has 38 heavy (non-hydrogen) atoms. The smallest absolute Gasteiger partial charge is 0.352 e. The lowest BCUT2D eigenvalue weighted by Gasteiger charge is -2.37. The van der Waals surface area contributed by atoms with Crippen molar-refractivity contribution in [1.82, 2.24) is 10.2 Å². The molecule has 1 amide bonds. The minimum Gasteiger partial charge on any atom is -0.352 e. The number of aryl methyl sites for hydroxylation is 1. The van der Waals surface area contributed by atoms with Crippen molar-refractivity contribution in [2.24, 2.45) is 17.3 Å². The number of halogens is 4. The molecule has 4 atom stereocenters. The average Bonchev–Trinajstić information content (AvgIpc) is 3.56. The van der Waals surface area contributed by atoms with Gasteiger partial charge in [-0.3, -0.25) is 4.79 Å². The summed E-state index contributed by atoms with van der Waals surface area (Å²) in [4.78, 5) is 16.1. The minimum atomic E-state index is -4.66. The molecule has 1 heterocycles. The van der Waals surface area contributed by atoms with Crippen LogP contribution in [0.4, 0.5) is 17.6 Å². The first kappa shape index (κ1) is 26.7. The SMILES string of the molecule is Cc1ccc(C2CCN(C3CCC(C(=O)NCc4cc(F)cc(C(F)(F)F)c4)(C4CC4C#N)C3)CC2)cc1. The molecule has 8 heteroatoms. The summed E-state index contributed by atoms with van der Waals surface area (Å²) in [7, 11) is 0. The molecule has 202 valence electrons. The first-order valence-corrected chi connectivity index (χ1v) is 13.4. The van der Waals surface area contributed by atoms with Crippen LogP contribution < -0.4 is 5.32 Å². The van der Waals surface area contributed by atoms with Crippen LogP contribution in [0.5, 0.6) is 0 Å². The van der Waals surface area contributed by atoms with E-state index in [-0.39, 0.29) is 35.9 Å². The van der Waals surface area contributed by atoms with Gasteiger partial charge in [-0.05, 0) is 99.7 Å². The van der Waals surface area contributed by atoms with E-state index in [1.54, 1.807) is 0 Å². The minimum absolute atomic E-state index is 0.0409. The van der Waals surface area contributed by atoms with E-state index in [2.05, 4.69) is 47.5 Å². The third-order valence-electron chi connectivity index (χ3n) is 8.97. The predicted molar refractivity (Wildman–Crippen MR) is 135 cm³/mol. The number of nitriles is 1. The van der Waals surface area contributed by atoms with Gasteiger partial charge < -0.3 is 10.2 Å². The Balaban J connectivity index is 1.24. The number of piperidine rings is 1. The molecule has 0 radical (unpaired) electrons. The zero-order chi connectivity index (χ0) is 27.1. The molecule has 2 aliphatic carbocycles. The number of nitrogens with one attached hydrogen (secondary N) is 1. The van der Waals surface area contributed by atoms with Gasteiger partial charge >= 0.3 is 6.18 Å². The van der Waals surface area contributed by atoms with Crippen LogP contribution in [0.15, 0.2) is 42.5 Å². The van der Waals surface area contributed by atoms with Crippen molar-refractivity contribution in [1.29, 1.82) is 5.26 Å². The summed E-state index contributed by atoms with van der Waals surface area (Å²) in [6.45, 7) is 3.81. The fourth-order valence-electron chi connectivity index (χ4n) is 6.73. The second-order valence-electron chi connectivity index (χ2n) is 11.4. The van der Waals surface area contributed by atoms with Crippen LogP contribution in [-0.4, -0.2) is 29.9 Å². The van der Waals surface area contributed by atoms with Crippen molar-refractivity contribution >= 4 is 5.91 Å². The molecule has 3 aliphatic rings. The first-order valence-electron chi connectivity index (χ1n) is 13.4. The van der Waals surface area contributed by atoms with E-state index in [0.29, 0.717) is 31.2 Å². The number of nitrogens with zero attached hydrogens (tertiary/aromatic N) is 2. The van der Waals surface area contributed by atoms with E-state index in [0.717, 1.165) is 44.5 Å². The molecular weight excluding hydrogens is 494 g/mol. The van der Waals surface area contributed by atoms with Crippen LogP contribution in [0.3, 0.4) is 0 Å². The molecule has 0 bridgehead atoms. The molecule has 2 aromatic carbocycles. The van der Waals surface area contributed by atoms with Crippen molar-refractivity contribution in [3.8, 4) is 6.07 Å². The lowest BCUT2D eigenvalue weighted by atomic mass is 9.78. The van der Waals surface area contributed by atoms with Gasteiger partial charge in [0, 0.05) is 12.6 Å². The van der Waals surface area contributed by atoms with E-state index in [1.807, 2.05) is 0 Å². The van der Waals surface area contributed by atoms with Crippen molar-refractivity contribution in [2.75, 3.05) is 13.1 Å². The van der Waals surface area contributed by atoms with Gasteiger partial charge in [0.2, 0.25) is 5.91 Å². The maximum Gasteiger partial charge on any atom is 0.416 e. The molecule has 2 saturated carbocycles. The fourth-order valence-corrected chi connectivity index (χ4v) is 6.73. The number of carbonyl (C=O) groups excluding carboxylic acids is 1. The van der Waals surface area contributed by atoms with Gasteiger partial charge in [0.05, 0.1) is 23.0 Å². The summed E-state index contributed by atoms with van der Waals surface area (Å²) >= 11 is 0. The second-order valence-corrected chi connectivity index (χ2v) is 11.4. The quantitative estimate of drug-likeness (QED) is 0.446. The van der Waals surface area contributed by atoms with Gasteiger partial charge in [-0.1, -0.05) is 29.8 Å². The highest BCUT2D eigenvalue weighted by molar-refractivity contribution is 5.84. The van der Waals surface area contributed by atoms with E-state index in [9.17, 15) is 27.6 Å². The zero-order valence-electron chi connectivity index (χ0n) is 21.5. The van der Waals surface area contributed by atoms with Gasteiger partial charge in [-0.15, -0.1) is 0 Å². The molecule has 0 spiro atoms. The van der Waals surface area contributed by atoms with E-state index in [1.165, 1.54) is 11.1 Å². The van der Waals surface area contributed by atoms with Gasteiger partial charge in [0.15, 0.2) is 0 Å². The highest BCUT2D eigenvalue weighted by atomic mass is 19.4. The molecule has 4 nitrogen and oxygen atoms in total. The number of rotatable bonds is 6. The topological polar surface area (TPSA) is 56.1 Å². The second kappa shape index (κ2) is 10.3. The fraction of sp³-hybridized carbons (Fsp3) is 0.533. The Kier molecular flexibility index (Phi) is 7.25. The molecule has 2 aromatic rings. The monoisotopic (exact) mass is 527 g/mol. The largest absolute Gasteiger partial charge is 0.416 e. The van der Waals surface area contributed by atoms with Crippen molar-refractivity contribution in [3.05, 3.63) is 70.5 Å². The first-order chi connectivity index (χ1) is 18.1. The molecule has 0 aromatic heterocycles. The Labute approximate surface area is 221 Å². The van der Waals surface area contributed by atoms with Crippen LogP contribution >= 0.6 is 0 Å². The maximum atomic E-state index is 13.9. The molecule has 4 unspecified atom stereocenters. The van der Waals surface area contributed by atoms with Crippen LogP contribution in [0.25, 0.3) is 0 Å². The van der Waals surface area contributed by atoms with E-state index < -0.39 is 23.0 Å². The molecule has 1 aliphatic heterocycles. The Morgan fingerprint density at radius 1 is 1.13 bits per heavy atom. The number of benzene rings is 2. The van der Waals surface area contributed by atoms with Crippen LogP contribution in [0.2, 0.25) is 0 Å². The summed E-state index contributed by atoms with van der Waals surface area (Å²) in [5.74, 6) is -0.894. The Morgan fingerprint density at radius 3 is 2.47 bits per heavy atom. The number of alkyl halides is 3. The molecule has 1 saturated heterocycles. The molecule has 1 N–H and O–H groups in total. The van der Waals surface area contributed by atoms with E-state index in [4.69, 9.17) is 0 Å². The summed E-state index contributed by atoms with van der Waals surface area (Å²) < 4.78 is 53.2. The van der Waals surface area contributed by atoms with Gasteiger partial charge in [-0.25, -0.2) is 4.39 Å². The third kappa shape index (κ3) is 5.44. The van der Waals surface area contributed by atoms with Crippen molar-refractivity contribution in [2.45, 2.75) is 70.1 Å². The van der Waals surface area contributed by atoms with Crippen molar-refractivity contribution < 1.29 is 22.4 Å². The lowest BCUT2D eigenvalue weighted by molar-refractivity contribution is -0.137. The van der Waals surface area contributed by atoms with Crippen LogP contribution in [0, 0.1) is 41.3 Å². The number of likely N-dealkylation sites (tertiary alicyclic amines) is 1. The summed E-state index contributed by atoms with van der Waals surface area (Å²) in [5.41, 5.74) is 0.912. The predicted octanol–water partition coefficient (Wildman–Crippen LogP) is 6.35. The lowest BCUT2D eigenvalue weighted by Crippen LogP contribution is -2.44. The highest BCUT2D eigenvalue weighted by Gasteiger charge is 2.60. The Bertz CT molecular complexity index is 1210. The zero-order valence-corrected chi connectivity index (χ0v) is 21.5. The van der Waals surface area contributed by atoms with Crippen LogP contribution in [0.1, 0.15) is 66.7 Å². The summed E-state index contributed by atoms with van der Waals surface area (Å²) in [5, 5.41) is 12.3. The number of amides is 1. The molecule has 5 rings (SSSR count). The standard InChI is InChI=1S/C30H33F4N3O/c1-19-2-4-21(5-3-19)22-7-10-37(11-8-22)26-6-9-29(16-26,27-14-23(27)17-35)28(38)36-18-20-12-24(30(32,33)34)15-25(31)13-20/h2-5,12-13,15,22-23,26-27H,6-11,14,16,18H2,1H3,(H,36,38). The van der Waals surface area contributed by atoms with E-state index >= 15 is 0 Å². The van der Waals surface area contributed by atoms with Crippen molar-refractivity contribution in [3.63, 3.8) is 0 Å². The number of carbonyl (C=O) groups is 1. The van der Waals surface area contributed by atoms with Gasteiger partial charge in [-0.2, -0.15) is 18.4 Å². The summed E-state index contributed by atoms with van der Waals surface area (Å²) in [6.07, 6.45) is 0.282. The Morgan fingerprint density at radius 2 is 1.84 bits per heavy atom. The summed E-state index contributed by atoms with van der Waals surface area (Å²) in [6, 6.07) is 13.6. The third-order valence-corrected chi connectivity index (χ3v) is 8.97. The highest BCUT2D eigenvalue weighted by Crippen LogP contribution is 2.59. The normalized spacial score (nSPS) is 28.2. The number of hydrogen-bond acceptors (Lipinski definition) is 3. The van der Waals surface area contributed by atoms with Gasteiger partial charge in [0.1, 0.15) is 5.82 Å². The van der Waals surface area contributed by atoms with Gasteiger partial charge in [0.25, 0.3) is 0 Å². The maximum absolute atomic E-state index is 13.9. The Hall–Kier alpha value is -2.92. The van der Waals surface area contributed by atoms with Crippen LogP contribution in [-0.2, 0) is 17.5 Å². The molecule has 3 fully saturated rings. The molecular formula is C30H33F4N3O. The average molecular weight is 528 g/mol. The number of hydrogen-bond donors (Lipinski definition) is 1.